The van der Waals surface area contributed by atoms with Crippen LogP contribution in [-0.2, 0) is 36.9 Å². The normalized spacial score (nSPS) is 8.09. The molecule has 0 saturated heterocycles. The molecule has 0 fully saturated rings. The molecule has 1 N–H and O–H groups in total. The van der Waals surface area contributed by atoms with Gasteiger partial charge in [0.2, 0.25) is 0 Å². The van der Waals surface area contributed by atoms with E-state index < -0.39 is 11.9 Å². The first kappa shape index (κ1) is 13.2. The third kappa shape index (κ3) is 9.61. The van der Waals surface area contributed by atoms with Crippen molar-refractivity contribution in [2.45, 2.75) is 19.3 Å². The van der Waals surface area contributed by atoms with Crippen LogP contribution in [0.3, 0.4) is 0 Å². The molecule has 0 aliphatic carbocycles. The fourth-order valence-electron chi connectivity index (χ4n) is 0.423. The van der Waals surface area contributed by atoms with Gasteiger partial charge in [-0.25, -0.2) is 4.79 Å². The molecule has 0 aliphatic rings. The maximum atomic E-state index is 10.9. The van der Waals surface area contributed by atoms with E-state index >= 15 is 0 Å². The predicted molar refractivity (Wildman–Crippen MR) is 28.7 cm³/mol. The number of carboxylic acid groups (broad SMARTS) is 1. The fraction of sp³-hybridized carbons (Fsp3) is 0.600. The summed E-state index contributed by atoms with van der Waals surface area (Å²) in [6.45, 7) is 0. The Hall–Kier alpha value is -0.390. The average Bonchev–Trinajstić information content (AvgIpc) is 1.87. The summed E-state index contributed by atoms with van der Waals surface area (Å²) in [5.74, 6) is -2.03. The van der Waals surface area contributed by atoms with E-state index in [4.69, 9.17) is 5.11 Å². The molecule has 0 rings (SSSR count). The second-order valence-electron chi connectivity index (χ2n) is 1.70. The van der Waals surface area contributed by atoms with E-state index in [1.165, 1.54) is 0 Å². The van der Waals surface area contributed by atoms with Crippen molar-refractivity contribution in [3.8, 4) is 0 Å². The third-order valence-corrected chi connectivity index (χ3v) is 0.858. The second kappa shape index (κ2) is 7.71. The molecule has 69 valence electrons. The number of carbonyl (C=O) groups is 2. The third-order valence-electron chi connectivity index (χ3n) is 0.858. The zero-order valence-electron chi connectivity index (χ0n) is 5.47. The van der Waals surface area contributed by atoms with Crippen molar-refractivity contribution in [1.82, 2.24) is 0 Å². The van der Waals surface area contributed by atoms with Crippen LogP contribution in [0.1, 0.15) is 19.3 Å². The SMILES string of the molecule is O=C(O)CCCC(=O)OF.[Ag]. The minimum atomic E-state index is -1.03. The van der Waals surface area contributed by atoms with E-state index in [0.29, 0.717) is 0 Å². The van der Waals surface area contributed by atoms with Crippen LogP contribution in [0.4, 0.5) is 4.53 Å². The number of carbonyl (C=O) groups excluding carboxylic acids is 1. The first-order valence-electron chi connectivity index (χ1n) is 2.70. The van der Waals surface area contributed by atoms with Crippen molar-refractivity contribution in [2.75, 3.05) is 0 Å². The molecular formula is C5H7AgFO4. The van der Waals surface area contributed by atoms with Gasteiger partial charge in [-0.3, -0.25) is 9.74 Å². The first-order valence-corrected chi connectivity index (χ1v) is 2.70. The Balaban J connectivity index is 0. The fourth-order valence-corrected chi connectivity index (χ4v) is 0.423. The molecule has 0 saturated carbocycles. The van der Waals surface area contributed by atoms with Gasteiger partial charge in [-0.15, -0.1) is 0 Å². The van der Waals surface area contributed by atoms with Crippen LogP contribution in [0.15, 0.2) is 0 Å². The molecule has 0 spiro atoms. The maximum Gasteiger partial charge on any atom is 0.348 e. The summed E-state index contributed by atoms with van der Waals surface area (Å²) in [7, 11) is 0. The smallest absolute Gasteiger partial charge is 0.348 e. The Morgan fingerprint density at radius 2 is 1.91 bits per heavy atom. The van der Waals surface area contributed by atoms with E-state index in [9.17, 15) is 14.1 Å². The first-order chi connectivity index (χ1) is 4.66. The van der Waals surface area contributed by atoms with Crippen LogP contribution in [-0.4, -0.2) is 17.0 Å². The van der Waals surface area contributed by atoms with Gasteiger partial charge in [0.15, 0.2) is 0 Å². The van der Waals surface area contributed by atoms with Gasteiger partial charge in [0.1, 0.15) is 0 Å². The zero-order valence-corrected chi connectivity index (χ0v) is 6.96. The van der Waals surface area contributed by atoms with E-state index in [0.717, 1.165) is 0 Å². The van der Waals surface area contributed by atoms with Crippen molar-refractivity contribution in [3.63, 3.8) is 0 Å². The van der Waals surface area contributed by atoms with Crippen LogP contribution >= 0.6 is 0 Å². The number of hydrogen-bond donors (Lipinski definition) is 1. The summed E-state index contributed by atoms with van der Waals surface area (Å²) in [4.78, 5) is 22.6. The summed E-state index contributed by atoms with van der Waals surface area (Å²) in [5.41, 5.74) is 0. The molecule has 0 bridgehead atoms. The van der Waals surface area contributed by atoms with Gasteiger partial charge in [-0.05, 0) is 6.42 Å². The monoisotopic (exact) mass is 257 g/mol. The molecule has 0 atom stereocenters. The van der Waals surface area contributed by atoms with Crippen molar-refractivity contribution in [3.05, 3.63) is 0 Å². The van der Waals surface area contributed by atoms with Crippen LogP contribution in [0.2, 0.25) is 0 Å². The Morgan fingerprint density at radius 3 is 2.27 bits per heavy atom. The van der Waals surface area contributed by atoms with E-state index in [2.05, 4.69) is 4.94 Å². The molecule has 0 unspecified atom stereocenters. The number of carboxylic acids is 1. The Labute approximate surface area is 78.1 Å². The van der Waals surface area contributed by atoms with Gasteiger partial charge in [0.05, 0.1) is 0 Å². The van der Waals surface area contributed by atoms with Crippen LogP contribution in [0, 0.1) is 0 Å². The number of aliphatic carboxylic acids is 1. The molecule has 0 amide bonds. The van der Waals surface area contributed by atoms with Gasteiger partial charge in [0, 0.05) is 39.7 Å². The van der Waals surface area contributed by atoms with E-state index in [1.54, 1.807) is 0 Å². The summed E-state index contributed by atoms with van der Waals surface area (Å²) < 4.78 is 10.9. The molecule has 4 nitrogen and oxygen atoms in total. The molecule has 6 heteroatoms. The van der Waals surface area contributed by atoms with Gasteiger partial charge >= 0.3 is 11.9 Å². The summed E-state index contributed by atoms with van der Waals surface area (Å²) in [6.07, 6.45) is -0.226. The van der Waals surface area contributed by atoms with Gasteiger partial charge < -0.3 is 5.11 Å². The molecule has 0 aromatic carbocycles. The van der Waals surface area contributed by atoms with Gasteiger partial charge in [0.25, 0.3) is 0 Å². The average molecular weight is 258 g/mol. The molecule has 11 heavy (non-hydrogen) atoms. The molecule has 0 aliphatic heterocycles. The van der Waals surface area contributed by atoms with E-state index in [-0.39, 0.29) is 41.6 Å². The number of hydrogen-bond acceptors (Lipinski definition) is 3. The van der Waals surface area contributed by atoms with Crippen LogP contribution < -0.4 is 0 Å². The standard InChI is InChI=1S/C5H7FO4.Ag/c6-10-5(9)3-1-2-4(7)8;/h1-3H2,(H,7,8);. The van der Waals surface area contributed by atoms with Crippen molar-refractivity contribution >= 4 is 11.9 Å². The Kier molecular flexibility index (Phi) is 9.27. The number of rotatable bonds is 4. The largest absolute Gasteiger partial charge is 0.481 e. The Bertz CT molecular complexity index is 138. The van der Waals surface area contributed by atoms with Crippen molar-refractivity contribution < 1.29 is 46.5 Å². The molecule has 0 aromatic heterocycles. The molecule has 1 radical (unpaired) electrons. The van der Waals surface area contributed by atoms with Crippen molar-refractivity contribution in [1.29, 1.82) is 0 Å². The number of halogens is 1. The molecule has 0 heterocycles. The van der Waals surface area contributed by atoms with E-state index in [1.807, 2.05) is 0 Å². The van der Waals surface area contributed by atoms with Gasteiger partial charge in [-0.1, -0.05) is 0 Å². The summed E-state index contributed by atoms with van der Waals surface area (Å²) in [6, 6.07) is 0. The minimum absolute atomic E-state index is 0. The maximum absolute atomic E-state index is 10.9. The molecule has 0 aromatic rings. The topological polar surface area (TPSA) is 63.6 Å². The predicted octanol–water partition coefficient (Wildman–Crippen LogP) is 0.667. The van der Waals surface area contributed by atoms with Crippen LogP contribution in [0.25, 0.3) is 0 Å². The summed E-state index contributed by atoms with van der Waals surface area (Å²) in [5, 5.41) is 8.05. The summed E-state index contributed by atoms with van der Waals surface area (Å²) >= 11 is 0. The van der Waals surface area contributed by atoms with Crippen LogP contribution in [0.5, 0.6) is 0 Å². The van der Waals surface area contributed by atoms with Gasteiger partial charge in [-0.2, -0.15) is 0 Å². The minimum Gasteiger partial charge on any atom is -0.481 e. The van der Waals surface area contributed by atoms with Crippen molar-refractivity contribution in [2.24, 2.45) is 0 Å². The quantitative estimate of drug-likeness (QED) is 0.752. The second-order valence-corrected chi connectivity index (χ2v) is 1.70. The zero-order chi connectivity index (χ0) is 7.98. The molecular weight excluding hydrogens is 251 g/mol. The Morgan fingerprint density at radius 1 is 1.36 bits per heavy atom.